The van der Waals surface area contributed by atoms with Crippen LogP contribution in [0, 0.1) is 13.8 Å². The molecule has 2 atom stereocenters. The molecule has 1 aromatic heterocycles. The quantitative estimate of drug-likeness (QED) is 0.549. The van der Waals surface area contributed by atoms with E-state index in [1.165, 1.54) is 18.1 Å². The van der Waals surface area contributed by atoms with E-state index in [0.29, 0.717) is 23.1 Å². The molecule has 1 amide bonds. The highest BCUT2D eigenvalue weighted by molar-refractivity contribution is 6.32. The van der Waals surface area contributed by atoms with Gasteiger partial charge >= 0.3 is 11.6 Å². The van der Waals surface area contributed by atoms with Gasteiger partial charge in [-0.3, -0.25) is 4.79 Å². The van der Waals surface area contributed by atoms with E-state index < -0.39 is 29.6 Å². The fourth-order valence-electron chi connectivity index (χ4n) is 3.32. The molecule has 9 heteroatoms. The molecular weight excluding hydrogens is 402 g/mol. The second-order valence-electron chi connectivity index (χ2n) is 6.84. The second-order valence-corrected chi connectivity index (χ2v) is 7.25. The summed E-state index contributed by atoms with van der Waals surface area (Å²) < 4.78 is 21.1. The van der Waals surface area contributed by atoms with Gasteiger partial charge in [0.05, 0.1) is 24.8 Å². The predicted octanol–water partition coefficient (Wildman–Crippen LogP) is 2.23. The Morgan fingerprint density at radius 3 is 2.69 bits per heavy atom. The normalized spacial score (nSPS) is 19.3. The first-order valence-corrected chi connectivity index (χ1v) is 9.47. The highest BCUT2D eigenvalue weighted by atomic mass is 35.5. The zero-order valence-electron chi connectivity index (χ0n) is 16.6. The molecule has 1 aliphatic rings. The fourth-order valence-corrected chi connectivity index (χ4v) is 3.54. The summed E-state index contributed by atoms with van der Waals surface area (Å²) >= 11 is 6.30. The Hall–Kier alpha value is -2.58. The summed E-state index contributed by atoms with van der Waals surface area (Å²) in [5.74, 6) is -0.759. The Labute approximate surface area is 172 Å². The van der Waals surface area contributed by atoms with Crippen LogP contribution in [0.4, 0.5) is 0 Å². The van der Waals surface area contributed by atoms with Crippen molar-refractivity contribution in [2.45, 2.75) is 32.9 Å². The van der Waals surface area contributed by atoms with E-state index in [2.05, 4.69) is 0 Å². The van der Waals surface area contributed by atoms with E-state index >= 15 is 0 Å². The zero-order chi connectivity index (χ0) is 21.3. The lowest BCUT2D eigenvalue weighted by Gasteiger charge is -2.37. The molecular formula is C20H22ClNO7. The molecule has 156 valence electrons. The van der Waals surface area contributed by atoms with Crippen molar-refractivity contribution < 1.29 is 28.2 Å². The fraction of sp³-hybridized carbons (Fsp3) is 0.450. The number of carbonyl (C=O) groups excluding carboxylic acids is 2. The van der Waals surface area contributed by atoms with Gasteiger partial charge in [-0.25, -0.2) is 9.59 Å². The molecule has 1 aliphatic heterocycles. The summed E-state index contributed by atoms with van der Waals surface area (Å²) in [6, 6.07) is 2.27. The number of hydrogen-bond donors (Lipinski definition) is 0. The van der Waals surface area contributed by atoms with Crippen LogP contribution in [0.2, 0.25) is 5.02 Å². The summed E-state index contributed by atoms with van der Waals surface area (Å²) in [5.41, 5.74) is 1.15. The minimum atomic E-state index is -0.847. The van der Waals surface area contributed by atoms with Crippen LogP contribution in [0.1, 0.15) is 18.1 Å². The van der Waals surface area contributed by atoms with Crippen molar-refractivity contribution in [1.29, 1.82) is 0 Å². The summed E-state index contributed by atoms with van der Waals surface area (Å²) in [6.45, 7) is 5.39. The number of carbonyl (C=O) groups is 2. The molecule has 3 rings (SSSR count). The Balaban J connectivity index is 1.81. The number of benzene rings is 1. The molecule has 8 nitrogen and oxygen atoms in total. The molecule has 2 heterocycles. The van der Waals surface area contributed by atoms with E-state index in [0.717, 1.165) is 5.56 Å². The Morgan fingerprint density at radius 1 is 1.28 bits per heavy atom. The smallest absolute Gasteiger partial charge is 0.339 e. The van der Waals surface area contributed by atoms with Crippen molar-refractivity contribution in [2.75, 3.05) is 26.9 Å². The number of hydrogen-bond acceptors (Lipinski definition) is 7. The van der Waals surface area contributed by atoms with Crippen molar-refractivity contribution in [3.05, 3.63) is 38.7 Å². The number of esters is 1. The van der Waals surface area contributed by atoms with Crippen LogP contribution in [0.5, 0.6) is 5.75 Å². The third-order valence-electron chi connectivity index (χ3n) is 5.12. The van der Waals surface area contributed by atoms with Crippen LogP contribution >= 0.6 is 11.6 Å². The SMILES string of the molecule is COC(=O)[C@@H]1[C@@H](C)OCCN1C(=O)COc1cc2oc(=O)c(C)c(C)c2cc1Cl. The van der Waals surface area contributed by atoms with Gasteiger partial charge in [0.25, 0.3) is 5.91 Å². The lowest BCUT2D eigenvalue weighted by molar-refractivity contribution is -0.168. The Morgan fingerprint density at radius 2 is 2.00 bits per heavy atom. The van der Waals surface area contributed by atoms with Gasteiger partial charge in [-0.05, 0) is 32.4 Å². The van der Waals surface area contributed by atoms with Gasteiger partial charge in [0.15, 0.2) is 12.6 Å². The van der Waals surface area contributed by atoms with Gasteiger partial charge < -0.3 is 23.5 Å². The zero-order valence-corrected chi connectivity index (χ0v) is 17.4. The van der Waals surface area contributed by atoms with Crippen LogP contribution in [0.3, 0.4) is 0 Å². The van der Waals surface area contributed by atoms with Crippen LogP contribution in [-0.2, 0) is 19.1 Å². The Kier molecular flexibility index (Phi) is 6.14. The highest BCUT2D eigenvalue weighted by Crippen LogP contribution is 2.32. The number of methoxy groups -OCH3 is 1. The number of aryl methyl sites for hydroxylation is 1. The summed E-state index contributed by atoms with van der Waals surface area (Å²) in [6.07, 6.45) is -0.495. The largest absolute Gasteiger partial charge is 0.482 e. The highest BCUT2D eigenvalue weighted by Gasteiger charge is 2.38. The minimum absolute atomic E-state index is 0.204. The number of ether oxygens (including phenoxy) is 3. The predicted molar refractivity (Wildman–Crippen MR) is 105 cm³/mol. The van der Waals surface area contributed by atoms with E-state index in [4.69, 9.17) is 30.2 Å². The monoisotopic (exact) mass is 423 g/mol. The van der Waals surface area contributed by atoms with Crippen molar-refractivity contribution in [3.63, 3.8) is 0 Å². The van der Waals surface area contributed by atoms with Crippen molar-refractivity contribution in [3.8, 4) is 5.75 Å². The second kappa shape index (κ2) is 8.42. The first-order chi connectivity index (χ1) is 13.7. The Bertz CT molecular complexity index is 1020. The van der Waals surface area contributed by atoms with Gasteiger partial charge in [0.1, 0.15) is 11.3 Å². The molecule has 0 aliphatic carbocycles. The molecule has 2 aromatic rings. The third kappa shape index (κ3) is 4.09. The molecule has 1 saturated heterocycles. The molecule has 0 bridgehead atoms. The molecule has 0 radical (unpaired) electrons. The maximum absolute atomic E-state index is 12.7. The average molecular weight is 424 g/mol. The van der Waals surface area contributed by atoms with Gasteiger partial charge in [0, 0.05) is 23.6 Å². The standard InChI is InChI=1S/C20H22ClNO7/c1-10-11(2)19(24)29-15-8-16(14(21)7-13(10)15)28-9-17(23)22-5-6-27-12(3)18(22)20(25)26-4/h7-8,12,18H,5-6,9H2,1-4H3/t12-,18+/m1/s1. The number of fused-ring (bicyclic) bond motifs is 1. The molecule has 0 spiro atoms. The minimum Gasteiger partial charge on any atom is -0.482 e. The lowest BCUT2D eigenvalue weighted by Crippen LogP contribution is -2.57. The molecule has 0 N–H and O–H groups in total. The third-order valence-corrected chi connectivity index (χ3v) is 5.41. The van der Waals surface area contributed by atoms with E-state index in [-0.39, 0.29) is 23.9 Å². The number of morpholine rings is 1. The number of amides is 1. The maximum atomic E-state index is 12.7. The summed E-state index contributed by atoms with van der Waals surface area (Å²) in [5, 5.41) is 0.972. The van der Waals surface area contributed by atoms with Crippen LogP contribution < -0.4 is 10.4 Å². The van der Waals surface area contributed by atoms with E-state index in [1.54, 1.807) is 19.9 Å². The van der Waals surface area contributed by atoms with Gasteiger partial charge in [0.2, 0.25) is 0 Å². The van der Waals surface area contributed by atoms with Crippen molar-refractivity contribution in [2.24, 2.45) is 0 Å². The van der Waals surface area contributed by atoms with Crippen LogP contribution in [0.25, 0.3) is 11.0 Å². The molecule has 0 saturated carbocycles. The molecule has 0 unspecified atom stereocenters. The molecule has 1 fully saturated rings. The summed E-state index contributed by atoms with van der Waals surface area (Å²) in [7, 11) is 1.26. The first-order valence-electron chi connectivity index (χ1n) is 9.09. The van der Waals surface area contributed by atoms with Gasteiger partial charge in [-0.2, -0.15) is 0 Å². The summed E-state index contributed by atoms with van der Waals surface area (Å²) in [4.78, 5) is 38.1. The number of nitrogens with zero attached hydrogens (tertiary/aromatic N) is 1. The van der Waals surface area contributed by atoms with Crippen LogP contribution in [0.15, 0.2) is 21.3 Å². The van der Waals surface area contributed by atoms with Crippen LogP contribution in [-0.4, -0.2) is 55.8 Å². The topological polar surface area (TPSA) is 95.3 Å². The van der Waals surface area contributed by atoms with Gasteiger partial charge in [-0.1, -0.05) is 11.6 Å². The maximum Gasteiger partial charge on any atom is 0.339 e. The van der Waals surface area contributed by atoms with Gasteiger partial charge in [-0.15, -0.1) is 0 Å². The average Bonchev–Trinajstić information content (AvgIpc) is 2.70. The number of halogens is 1. The number of rotatable bonds is 4. The first kappa shape index (κ1) is 21.1. The molecule has 29 heavy (non-hydrogen) atoms. The van der Waals surface area contributed by atoms with E-state index in [9.17, 15) is 14.4 Å². The van der Waals surface area contributed by atoms with Crippen molar-refractivity contribution >= 4 is 34.4 Å². The van der Waals surface area contributed by atoms with E-state index in [1.807, 2.05) is 6.92 Å². The van der Waals surface area contributed by atoms with Crippen molar-refractivity contribution in [1.82, 2.24) is 4.90 Å². The molecule has 1 aromatic carbocycles. The lowest BCUT2D eigenvalue weighted by atomic mass is 10.1.